The minimum atomic E-state index is 0.0757. The molecule has 0 N–H and O–H groups in total. The van der Waals surface area contributed by atoms with Crippen molar-refractivity contribution in [3.05, 3.63) is 47.3 Å². The van der Waals surface area contributed by atoms with Gasteiger partial charge in [-0.25, -0.2) is 0 Å². The molecule has 0 bridgehead atoms. The molecule has 0 spiro atoms. The second-order valence-corrected chi connectivity index (χ2v) is 8.19. The third kappa shape index (κ3) is 2.50. The zero-order valence-corrected chi connectivity index (χ0v) is 14.0. The fourth-order valence-corrected chi connectivity index (χ4v) is 3.59. The summed E-state index contributed by atoms with van der Waals surface area (Å²) in [5.74, 6) is 0. The van der Waals surface area contributed by atoms with E-state index in [0.29, 0.717) is 5.41 Å². The van der Waals surface area contributed by atoms with Gasteiger partial charge in [0.05, 0.1) is 5.69 Å². The third-order valence-electron chi connectivity index (χ3n) is 4.30. The number of allylic oxidation sites excluding steroid dienone is 2. The summed E-state index contributed by atoms with van der Waals surface area (Å²) >= 11 is 0. The quantitative estimate of drug-likeness (QED) is 0.670. The molecule has 0 saturated carbocycles. The maximum Gasteiger partial charge on any atom is 0.0737 e. The topological polar surface area (TPSA) is 12.9 Å². The van der Waals surface area contributed by atoms with Crippen LogP contribution in [0, 0.1) is 5.41 Å². The second-order valence-electron chi connectivity index (χ2n) is 8.19. The summed E-state index contributed by atoms with van der Waals surface area (Å²) in [6.07, 6.45) is 5.41. The van der Waals surface area contributed by atoms with Crippen molar-refractivity contribution in [2.24, 2.45) is 5.41 Å². The Hall–Kier alpha value is -1.63. The van der Waals surface area contributed by atoms with Gasteiger partial charge >= 0.3 is 0 Å². The molecule has 110 valence electrons. The Morgan fingerprint density at radius 1 is 1.14 bits per heavy atom. The number of aromatic nitrogens is 1. The van der Waals surface area contributed by atoms with E-state index in [0.717, 1.165) is 12.1 Å². The Morgan fingerprint density at radius 2 is 1.86 bits per heavy atom. The first-order chi connectivity index (χ1) is 9.67. The number of rotatable bonds is 1. The molecule has 0 atom stereocenters. The van der Waals surface area contributed by atoms with E-state index >= 15 is 0 Å². The first-order valence-electron chi connectivity index (χ1n) is 7.79. The van der Waals surface area contributed by atoms with Gasteiger partial charge in [0.2, 0.25) is 0 Å². The van der Waals surface area contributed by atoms with E-state index in [2.05, 4.69) is 70.8 Å². The highest BCUT2D eigenvalue weighted by Gasteiger charge is 2.28. The zero-order valence-electron chi connectivity index (χ0n) is 14.0. The van der Waals surface area contributed by atoms with Gasteiger partial charge in [0.25, 0.3) is 0 Å². The van der Waals surface area contributed by atoms with E-state index in [4.69, 9.17) is 0 Å². The Bertz CT molecular complexity index is 742. The molecular formula is C20H25N. The van der Waals surface area contributed by atoms with Gasteiger partial charge in [-0.1, -0.05) is 52.8 Å². The van der Waals surface area contributed by atoms with E-state index in [-0.39, 0.29) is 5.41 Å². The van der Waals surface area contributed by atoms with Crippen molar-refractivity contribution in [3.8, 4) is 0 Å². The first-order valence-corrected chi connectivity index (χ1v) is 7.79. The zero-order chi connectivity index (χ0) is 15.4. The summed E-state index contributed by atoms with van der Waals surface area (Å²) in [6.45, 7) is 13.7. The van der Waals surface area contributed by atoms with Gasteiger partial charge in [-0.2, -0.15) is 0 Å². The van der Waals surface area contributed by atoms with Gasteiger partial charge in [0, 0.05) is 17.0 Å². The SMILES string of the molecule is CC1=CC(C)(C)c2cc(CC(C)(C)C)cc3ccnc1c23. The van der Waals surface area contributed by atoms with Crippen LogP contribution in [0.25, 0.3) is 16.3 Å². The molecule has 1 heteroatoms. The van der Waals surface area contributed by atoms with Gasteiger partial charge in [-0.3, -0.25) is 4.98 Å². The van der Waals surface area contributed by atoms with E-state index in [9.17, 15) is 0 Å². The average molecular weight is 279 g/mol. The van der Waals surface area contributed by atoms with E-state index < -0.39 is 0 Å². The van der Waals surface area contributed by atoms with Crippen LogP contribution in [0.4, 0.5) is 0 Å². The summed E-state index contributed by atoms with van der Waals surface area (Å²) in [5, 5.41) is 2.68. The van der Waals surface area contributed by atoms with Crippen molar-refractivity contribution >= 4 is 16.3 Å². The van der Waals surface area contributed by atoms with Crippen molar-refractivity contribution in [3.63, 3.8) is 0 Å². The number of benzene rings is 1. The van der Waals surface area contributed by atoms with Gasteiger partial charge in [0.1, 0.15) is 0 Å². The Labute approximate surface area is 128 Å². The third-order valence-corrected chi connectivity index (χ3v) is 4.30. The van der Waals surface area contributed by atoms with Gasteiger partial charge in [-0.15, -0.1) is 0 Å². The largest absolute Gasteiger partial charge is 0.256 e. The lowest BCUT2D eigenvalue weighted by Gasteiger charge is -2.31. The highest BCUT2D eigenvalue weighted by molar-refractivity contribution is 5.98. The fourth-order valence-electron chi connectivity index (χ4n) is 3.59. The predicted octanol–water partition coefficient (Wildman–Crippen LogP) is 5.52. The molecule has 1 aromatic heterocycles. The van der Waals surface area contributed by atoms with Crippen molar-refractivity contribution in [2.45, 2.75) is 53.4 Å². The molecule has 0 radical (unpaired) electrons. The number of nitrogens with zero attached hydrogens (tertiary/aromatic N) is 1. The number of hydrogen-bond acceptors (Lipinski definition) is 1. The molecule has 0 aliphatic heterocycles. The Kier molecular flexibility index (Phi) is 3.02. The Balaban J connectivity index is 2.30. The van der Waals surface area contributed by atoms with Crippen LogP contribution in [0.3, 0.4) is 0 Å². The van der Waals surface area contributed by atoms with Crippen LogP contribution in [-0.2, 0) is 11.8 Å². The summed E-state index contributed by atoms with van der Waals surface area (Å²) in [7, 11) is 0. The van der Waals surface area contributed by atoms with Crippen LogP contribution in [0.5, 0.6) is 0 Å². The highest BCUT2D eigenvalue weighted by atomic mass is 14.7. The van der Waals surface area contributed by atoms with Gasteiger partial charge < -0.3 is 0 Å². The molecule has 2 aromatic rings. The molecule has 1 nitrogen and oxygen atoms in total. The van der Waals surface area contributed by atoms with Crippen LogP contribution in [-0.4, -0.2) is 4.98 Å². The Morgan fingerprint density at radius 3 is 2.52 bits per heavy atom. The van der Waals surface area contributed by atoms with Crippen molar-refractivity contribution < 1.29 is 0 Å². The minimum Gasteiger partial charge on any atom is -0.256 e. The van der Waals surface area contributed by atoms with Crippen LogP contribution in [0.2, 0.25) is 0 Å². The van der Waals surface area contributed by atoms with Crippen molar-refractivity contribution in [1.82, 2.24) is 4.98 Å². The number of hydrogen-bond donors (Lipinski definition) is 0. The molecule has 0 amide bonds. The minimum absolute atomic E-state index is 0.0757. The van der Waals surface area contributed by atoms with Crippen LogP contribution >= 0.6 is 0 Å². The molecule has 1 aliphatic carbocycles. The summed E-state index contributed by atoms with van der Waals surface area (Å²) in [5.41, 5.74) is 5.69. The monoisotopic (exact) mass is 279 g/mol. The average Bonchev–Trinajstić information content (AvgIpc) is 2.33. The summed E-state index contributed by atoms with van der Waals surface area (Å²) in [6, 6.07) is 6.91. The molecule has 0 saturated heterocycles. The lowest BCUT2D eigenvalue weighted by molar-refractivity contribution is 0.411. The normalized spacial score (nSPS) is 17.0. The molecule has 1 aromatic carbocycles. The standard InChI is InChI=1S/C20H25N/c1-13-11-20(5,6)16-10-14(12-19(2,3)4)9-15-7-8-21-18(13)17(15)16/h7-11H,12H2,1-6H3. The molecule has 21 heavy (non-hydrogen) atoms. The molecule has 0 fully saturated rings. The van der Waals surface area contributed by atoms with Crippen LogP contribution in [0.1, 0.15) is 58.4 Å². The molecule has 3 rings (SSSR count). The van der Waals surface area contributed by atoms with E-state index in [1.165, 1.54) is 27.5 Å². The van der Waals surface area contributed by atoms with Crippen molar-refractivity contribution in [2.75, 3.05) is 0 Å². The number of pyridine rings is 1. The van der Waals surface area contributed by atoms with E-state index in [1.54, 1.807) is 0 Å². The second kappa shape index (κ2) is 4.43. The van der Waals surface area contributed by atoms with Crippen LogP contribution < -0.4 is 0 Å². The fraction of sp³-hybridized carbons (Fsp3) is 0.450. The molecule has 0 unspecified atom stereocenters. The van der Waals surface area contributed by atoms with Gasteiger partial charge in [0.15, 0.2) is 0 Å². The smallest absolute Gasteiger partial charge is 0.0737 e. The summed E-state index contributed by atoms with van der Waals surface area (Å²) in [4.78, 5) is 4.62. The summed E-state index contributed by atoms with van der Waals surface area (Å²) < 4.78 is 0. The molecule has 1 aliphatic rings. The van der Waals surface area contributed by atoms with Crippen LogP contribution in [0.15, 0.2) is 30.5 Å². The lowest BCUT2D eigenvalue weighted by atomic mass is 9.74. The van der Waals surface area contributed by atoms with Crippen molar-refractivity contribution in [1.29, 1.82) is 0 Å². The highest BCUT2D eigenvalue weighted by Crippen LogP contribution is 2.42. The maximum absolute atomic E-state index is 4.62. The first kappa shape index (κ1) is 14.3. The lowest BCUT2D eigenvalue weighted by Crippen LogP contribution is -2.20. The van der Waals surface area contributed by atoms with Gasteiger partial charge in [-0.05, 0) is 46.9 Å². The molecular weight excluding hydrogens is 254 g/mol. The predicted molar refractivity (Wildman–Crippen MR) is 91.6 cm³/mol. The van der Waals surface area contributed by atoms with E-state index in [1.807, 2.05) is 6.20 Å². The molecule has 1 heterocycles. The maximum atomic E-state index is 4.62.